The molecule has 0 aliphatic carbocycles. The van der Waals surface area contributed by atoms with E-state index in [1.54, 1.807) is 6.92 Å². The monoisotopic (exact) mass is 336 g/mol. The second-order valence-electron chi connectivity index (χ2n) is 5.66. The van der Waals surface area contributed by atoms with Crippen LogP contribution in [0.2, 0.25) is 0 Å². The predicted molar refractivity (Wildman–Crippen MR) is 94.5 cm³/mol. The fourth-order valence-corrected chi connectivity index (χ4v) is 2.46. The molecule has 0 bridgehead atoms. The van der Waals surface area contributed by atoms with Crippen molar-refractivity contribution in [2.24, 2.45) is 0 Å². The van der Waals surface area contributed by atoms with Gasteiger partial charge in [-0.25, -0.2) is 0 Å². The minimum absolute atomic E-state index is 0.237. The van der Waals surface area contributed by atoms with Crippen molar-refractivity contribution in [3.05, 3.63) is 83.2 Å². The standard InChI is InChI=1S/C20H20N2O3/c1-15-18(14-24-17-10-6-3-7-11-17)19(22-25-15)20(23)21-13-12-16-8-4-2-5-9-16/h2-11H,12-14H2,1H3,(H,21,23). The van der Waals surface area contributed by atoms with Crippen molar-refractivity contribution in [1.82, 2.24) is 10.5 Å². The van der Waals surface area contributed by atoms with E-state index in [4.69, 9.17) is 9.26 Å². The Morgan fingerprint density at radius 3 is 2.48 bits per heavy atom. The molecule has 1 aromatic heterocycles. The average Bonchev–Trinajstić information content (AvgIpc) is 3.02. The highest BCUT2D eigenvalue weighted by molar-refractivity contribution is 5.93. The van der Waals surface area contributed by atoms with Crippen molar-refractivity contribution < 1.29 is 14.1 Å². The van der Waals surface area contributed by atoms with Gasteiger partial charge in [0.25, 0.3) is 5.91 Å². The minimum Gasteiger partial charge on any atom is -0.489 e. The molecule has 5 nitrogen and oxygen atoms in total. The number of hydrogen-bond acceptors (Lipinski definition) is 4. The Hall–Kier alpha value is -3.08. The van der Waals surface area contributed by atoms with Crippen LogP contribution >= 0.6 is 0 Å². The van der Waals surface area contributed by atoms with Gasteiger partial charge in [0.2, 0.25) is 0 Å². The fourth-order valence-electron chi connectivity index (χ4n) is 2.46. The largest absolute Gasteiger partial charge is 0.489 e. The van der Waals surface area contributed by atoms with Crippen molar-refractivity contribution in [3.8, 4) is 5.75 Å². The van der Waals surface area contributed by atoms with Crippen LogP contribution in [0.1, 0.15) is 27.4 Å². The summed E-state index contributed by atoms with van der Waals surface area (Å²) in [5.41, 5.74) is 2.12. The Morgan fingerprint density at radius 1 is 1.08 bits per heavy atom. The highest BCUT2D eigenvalue weighted by atomic mass is 16.5. The molecule has 1 amide bonds. The summed E-state index contributed by atoms with van der Waals surface area (Å²) in [6, 6.07) is 19.4. The van der Waals surface area contributed by atoms with Crippen molar-refractivity contribution in [3.63, 3.8) is 0 Å². The van der Waals surface area contributed by atoms with Crippen LogP contribution in [-0.4, -0.2) is 17.6 Å². The van der Waals surface area contributed by atoms with Crippen LogP contribution < -0.4 is 10.1 Å². The molecule has 0 atom stereocenters. The molecule has 1 N–H and O–H groups in total. The number of hydrogen-bond donors (Lipinski definition) is 1. The molecule has 0 aliphatic heterocycles. The van der Waals surface area contributed by atoms with E-state index in [0.717, 1.165) is 12.2 Å². The third kappa shape index (κ3) is 4.47. The molecular formula is C20H20N2O3. The Labute approximate surface area is 146 Å². The molecule has 2 aromatic carbocycles. The zero-order valence-electron chi connectivity index (χ0n) is 14.1. The molecule has 0 saturated heterocycles. The van der Waals surface area contributed by atoms with Crippen LogP contribution in [0.15, 0.2) is 65.2 Å². The average molecular weight is 336 g/mol. The molecule has 25 heavy (non-hydrogen) atoms. The smallest absolute Gasteiger partial charge is 0.273 e. The number of nitrogens with zero attached hydrogens (tertiary/aromatic N) is 1. The van der Waals surface area contributed by atoms with Gasteiger partial charge >= 0.3 is 0 Å². The van der Waals surface area contributed by atoms with Gasteiger partial charge in [0.05, 0.1) is 5.56 Å². The summed E-state index contributed by atoms with van der Waals surface area (Å²) in [4.78, 5) is 12.4. The zero-order chi connectivity index (χ0) is 17.5. The van der Waals surface area contributed by atoms with Gasteiger partial charge in [0.1, 0.15) is 18.1 Å². The van der Waals surface area contributed by atoms with Gasteiger partial charge in [0, 0.05) is 6.54 Å². The minimum atomic E-state index is -0.251. The summed E-state index contributed by atoms with van der Waals surface area (Å²) in [5.74, 6) is 1.07. The third-order valence-corrected chi connectivity index (χ3v) is 3.87. The topological polar surface area (TPSA) is 64.4 Å². The number of rotatable bonds is 7. The third-order valence-electron chi connectivity index (χ3n) is 3.87. The van der Waals surface area contributed by atoms with Crippen LogP contribution in [-0.2, 0) is 13.0 Å². The first-order valence-electron chi connectivity index (χ1n) is 8.19. The van der Waals surface area contributed by atoms with Crippen molar-refractivity contribution in [2.75, 3.05) is 6.54 Å². The second-order valence-corrected chi connectivity index (χ2v) is 5.66. The van der Waals surface area contributed by atoms with E-state index < -0.39 is 0 Å². The van der Waals surface area contributed by atoms with Crippen molar-refractivity contribution >= 4 is 5.91 Å². The number of carbonyl (C=O) groups is 1. The van der Waals surface area contributed by atoms with Gasteiger partial charge in [0.15, 0.2) is 5.69 Å². The van der Waals surface area contributed by atoms with Gasteiger partial charge < -0.3 is 14.6 Å². The fraction of sp³-hybridized carbons (Fsp3) is 0.200. The summed E-state index contributed by atoms with van der Waals surface area (Å²) in [7, 11) is 0. The summed E-state index contributed by atoms with van der Waals surface area (Å²) in [5, 5.41) is 6.77. The summed E-state index contributed by atoms with van der Waals surface area (Å²) in [6.45, 7) is 2.55. The number of nitrogens with one attached hydrogen (secondary N) is 1. The lowest BCUT2D eigenvalue weighted by molar-refractivity contribution is 0.0943. The molecular weight excluding hydrogens is 316 g/mol. The Balaban J connectivity index is 1.59. The lowest BCUT2D eigenvalue weighted by atomic mass is 10.1. The normalized spacial score (nSPS) is 10.4. The van der Waals surface area contributed by atoms with Crippen molar-refractivity contribution in [1.29, 1.82) is 0 Å². The Morgan fingerprint density at radius 2 is 1.76 bits per heavy atom. The van der Waals surface area contributed by atoms with E-state index in [-0.39, 0.29) is 18.2 Å². The van der Waals surface area contributed by atoms with E-state index in [0.29, 0.717) is 17.9 Å². The molecule has 0 radical (unpaired) electrons. The number of aryl methyl sites for hydroxylation is 1. The van der Waals surface area contributed by atoms with Crippen molar-refractivity contribution in [2.45, 2.75) is 20.0 Å². The molecule has 0 spiro atoms. The van der Waals surface area contributed by atoms with E-state index in [9.17, 15) is 4.79 Å². The molecule has 0 aliphatic rings. The Bertz CT molecular complexity index is 813. The number of para-hydroxylation sites is 1. The molecule has 3 aromatic rings. The van der Waals surface area contributed by atoms with Crippen LogP contribution in [0.5, 0.6) is 5.75 Å². The quantitative estimate of drug-likeness (QED) is 0.717. The maximum Gasteiger partial charge on any atom is 0.273 e. The molecule has 3 rings (SSSR count). The van der Waals surface area contributed by atoms with Gasteiger partial charge in [-0.15, -0.1) is 0 Å². The number of amides is 1. The van der Waals surface area contributed by atoms with E-state index in [1.165, 1.54) is 5.56 Å². The molecule has 0 saturated carbocycles. The second kappa shape index (κ2) is 8.15. The summed E-state index contributed by atoms with van der Waals surface area (Å²) in [6.07, 6.45) is 0.763. The predicted octanol–water partition coefficient (Wildman–Crippen LogP) is 3.53. The maximum atomic E-state index is 12.4. The summed E-state index contributed by atoms with van der Waals surface area (Å²) >= 11 is 0. The van der Waals surface area contributed by atoms with Crippen LogP contribution in [0, 0.1) is 6.92 Å². The first kappa shape index (κ1) is 16.8. The first-order valence-corrected chi connectivity index (χ1v) is 8.19. The lowest BCUT2D eigenvalue weighted by Crippen LogP contribution is -2.27. The van der Waals surface area contributed by atoms with Gasteiger partial charge in [-0.1, -0.05) is 53.7 Å². The van der Waals surface area contributed by atoms with E-state index in [2.05, 4.69) is 10.5 Å². The molecule has 1 heterocycles. The van der Waals surface area contributed by atoms with Crippen LogP contribution in [0.3, 0.4) is 0 Å². The van der Waals surface area contributed by atoms with Gasteiger partial charge in [-0.3, -0.25) is 4.79 Å². The number of benzene rings is 2. The van der Waals surface area contributed by atoms with E-state index >= 15 is 0 Å². The highest BCUT2D eigenvalue weighted by Gasteiger charge is 2.20. The SMILES string of the molecule is Cc1onc(C(=O)NCCc2ccccc2)c1COc1ccccc1. The lowest BCUT2D eigenvalue weighted by Gasteiger charge is -2.07. The maximum absolute atomic E-state index is 12.4. The number of ether oxygens (including phenoxy) is 1. The molecule has 5 heteroatoms. The molecule has 128 valence electrons. The van der Waals surface area contributed by atoms with Crippen LogP contribution in [0.4, 0.5) is 0 Å². The van der Waals surface area contributed by atoms with Gasteiger partial charge in [-0.2, -0.15) is 0 Å². The highest BCUT2D eigenvalue weighted by Crippen LogP contribution is 2.17. The van der Waals surface area contributed by atoms with Crippen LogP contribution in [0.25, 0.3) is 0 Å². The molecule has 0 unspecified atom stereocenters. The zero-order valence-corrected chi connectivity index (χ0v) is 14.1. The number of carbonyl (C=O) groups excluding carboxylic acids is 1. The Kier molecular flexibility index (Phi) is 5.46. The summed E-state index contributed by atoms with van der Waals surface area (Å²) < 4.78 is 10.9. The number of aromatic nitrogens is 1. The van der Waals surface area contributed by atoms with E-state index in [1.807, 2.05) is 60.7 Å². The first-order chi connectivity index (χ1) is 12.2. The van der Waals surface area contributed by atoms with Gasteiger partial charge in [-0.05, 0) is 31.0 Å². The molecule has 0 fully saturated rings.